The summed E-state index contributed by atoms with van der Waals surface area (Å²) in [6, 6.07) is 4.96. The minimum absolute atomic E-state index is 0.0778. The first kappa shape index (κ1) is 4.88. The van der Waals surface area contributed by atoms with Gasteiger partial charge in [0.15, 0.2) is 17.6 Å². The largest absolute Gasteiger partial charge is 0.485 e. The molecule has 0 amide bonds. The normalized spacial score (nSPS) is 34.8. The fourth-order valence-electron chi connectivity index (χ4n) is 1.46. The first-order chi connectivity index (χ1) is 9.28. The van der Waals surface area contributed by atoms with E-state index in [4.69, 9.17) is 16.3 Å². The Morgan fingerprint density at radius 3 is 3.40 bits per heavy atom. The Morgan fingerprint density at radius 2 is 2.53 bits per heavy atom. The van der Waals surface area contributed by atoms with Crippen LogP contribution in [0.1, 0.15) is 6.85 Å². The maximum Gasteiger partial charge on any atom is 0.189 e. The number of benzene rings is 1. The molecule has 2 aliphatic heterocycles. The van der Waals surface area contributed by atoms with Crippen molar-refractivity contribution in [1.82, 2.24) is 5.32 Å². The van der Waals surface area contributed by atoms with Crippen LogP contribution in [0, 0.1) is 0 Å². The molecular formula is C11H12N2O2. The number of amidine groups is 1. The summed E-state index contributed by atoms with van der Waals surface area (Å²) >= 11 is 0. The van der Waals surface area contributed by atoms with Gasteiger partial charge >= 0.3 is 0 Å². The van der Waals surface area contributed by atoms with Gasteiger partial charge in [-0.05, 0) is 12.1 Å². The third-order valence-electron chi connectivity index (χ3n) is 2.18. The molecule has 1 unspecified atom stereocenters. The van der Waals surface area contributed by atoms with Crippen LogP contribution in [0.5, 0.6) is 11.5 Å². The Bertz CT molecular complexity index is 590. The summed E-state index contributed by atoms with van der Waals surface area (Å²) in [6.45, 7) is -4.55. The Kier molecular flexibility index (Phi) is 1.12. The summed E-state index contributed by atoms with van der Waals surface area (Å²) in [7, 11) is 0. The molecule has 1 aromatic carbocycles. The molecule has 0 radical (unpaired) electrons. The second-order valence-electron chi connectivity index (χ2n) is 3.15. The molecule has 2 heterocycles. The lowest BCUT2D eigenvalue weighted by Gasteiger charge is -2.26. The summed E-state index contributed by atoms with van der Waals surface area (Å²) in [5.74, 6) is 0.953. The van der Waals surface area contributed by atoms with E-state index < -0.39 is 19.1 Å². The summed E-state index contributed by atoms with van der Waals surface area (Å²) in [6.07, 6.45) is -0.702. The molecule has 0 saturated heterocycles. The topological polar surface area (TPSA) is 42.8 Å². The summed E-state index contributed by atoms with van der Waals surface area (Å²) in [4.78, 5) is 3.71. The molecule has 0 fully saturated rings. The van der Waals surface area contributed by atoms with E-state index in [-0.39, 0.29) is 12.4 Å². The lowest BCUT2D eigenvalue weighted by molar-refractivity contribution is 0.133. The average molecular weight is 209 g/mol. The van der Waals surface area contributed by atoms with Crippen LogP contribution in [0.25, 0.3) is 0 Å². The minimum Gasteiger partial charge on any atom is -0.485 e. The zero-order valence-corrected chi connectivity index (χ0v) is 7.78. The third-order valence-corrected chi connectivity index (χ3v) is 2.18. The van der Waals surface area contributed by atoms with Crippen LogP contribution in [-0.2, 0) is 0 Å². The molecule has 1 atom stereocenters. The lowest BCUT2D eigenvalue weighted by Crippen LogP contribution is -2.42. The molecular weight excluding hydrogens is 192 g/mol. The molecule has 15 heavy (non-hydrogen) atoms. The van der Waals surface area contributed by atoms with Crippen molar-refractivity contribution >= 4 is 5.84 Å². The van der Waals surface area contributed by atoms with Crippen LogP contribution in [-0.4, -0.2) is 31.5 Å². The van der Waals surface area contributed by atoms with Crippen LogP contribution in [0.2, 0.25) is 0 Å². The van der Waals surface area contributed by atoms with E-state index in [1.165, 1.54) is 6.07 Å². The van der Waals surface area contributed by atoms with E-state index >= 15 is 0 Å². The van der Waals surface area contributed by atoms with Crippen LogP contribution in [0.3, 0.4) is 0 Å². The van der Waals surface area contributed by atoms with Crippen molar-refractivity contribution in [1.29, 1.82) is 0 Å². The lowest BCUT2D eigenvalue weighted by atomic mass is 10.2. The number of aliphatic imine (C=N–C) groups is 1. The van der Waals surface area contributed by atoms with Crippen molar-refractivity contribution in [3.63, 3.8) is 0 Å². The van der Waals surface area contributed by atoms with E-state index in [9.17, 15) is 0 Å². The number of nitrogens with one attached hydrogen (secondary N) is 1. The van der Waals surface area contributed by atoms with Gasteiger partial charge in [-0.25, -0.2) is 0 Å². The highest BCUT2D eigenvalue weighted by molar-refractivity contribution is 5.88. The van der Waals surface area contributed by atoms with Gasteiger partial charge in [-0.2, -0.15) is 0 Å². The van der Waals surface area contributed by atoms with Gasteiger partial charge in [-0.3, -0.25) is 4.99 Å². The molecule has 4 nitrogen and oxygen atoms in total. The number of ether oxygens (including phenoxy) is 2. The van der Waals surface area contributed by atoms with E-state index in [1.807, 2.05) is 0 Å². The van der Waals surface area contributed by atoms with Gasteiger partial charge in [0, 0.05) is 6.50 Å². The molecule has 0 aromatic heterocycles. The highest BCUT2D eigenvalue weighted by Gasteiger charge is 2.26. The van der Waals surface area contributed by atoms with Crippen molar-refractivity contribution < 1.29 is 16.3 Å². The maximum absolute atomic E-state index is 7.56. The van der Waals surface area contributed by atoms with Crippen molar-refractivity contribution in [3.05, 3.63) is 24.2 Å². The fourth-order valence-corrected chi connectivity index (χ4v) is 1.46. The van der Waals surface area contributed by atoms with Crippen molar-refractivity contribution in [2.24, 2.45) is 4.99 Å². The van der Waals surface area contributed by atoms with Crippen LogP contribution >= 0.6 is 0 Å². The van der Waals surface area contributed by atoms with Crippen molar-refractivity contribution in [3.8, 4) is 11.5 Å². The molecule has 1 N–H and O–H groups in total. The zero-order valence-electron chi connectivity index (χ0n) is 12.8. The molecule has 0 bridgehead atoms. The van der Waals surface area contributed by atoms with E-state index in [0.29, 0.717) is 17.5 Å². The van der Waals surface area contributed by atoms with Gasteiger partial charge in [0.1, 0.15) is 12.4 Å². The van der Waals surface area contributed by atoms with Crippen LogP contribution < -0.4 is 14.8 Å². The van der Waals surface area contributed by atoms with E-state index in [2.05, 4.69) is 10.3 Å². The number of para-hydroxylation sites is 2. The van der Waals surface area contributed by atoms with Crippen molar-refractivity contribution in [2.45, 2.75) is 6.10 Å². The molecule has 0 saturated carbocycles. The fraction of sp³-hybridized carbons (Fsp3) is 0.364. The Hall–Kier alpha value is -1.71. The molecule has 0 spiro atoms. The molecule has 1 aromatic rings. The first-order valence-electron chi connectivity index (χ1n) is 7.06. The van der Waals surface area contributed by atoms with Gasteiger partial charge < -0.3 is 14.8 Å². The van der Waals surface area contributed by atoms with Crippen molar-refractivity contribution in [2.75, 3.05) is 19.6 Å². The second kappa shape index (κ2) is 3.46. The van der Waals surface area contributed by atoms with Gasteiger partial charge in [0.05, 0.1) is 13.4 Å². The molecule has 3 rings (SSSR count). The smallest absolute Gasteiger partial charge is 0.189 e. The van der Waals surface area contributed by atoms with Crippen LogP contribution in [0.15, 0.2) is 29.2 Å². The third kappa shape index (κ3) is 1.52. The zero-order chi connectivity index (χ0) is 14.5. The predicted octanol–water partition coefficient (Wildman–Crippen LogP) is 0.828. The number of rotatable bonds is 1. The maximum atomic E-state index is 7.56. The number of nitrogens with zero attached hydrogens (tertiary/aromatic N) is 1. The number of hydrogen-bond donors (Lipinski definition) is 1. The second-order valence-corrected chi connectivity index (χ2v) is 3.15. The van der Waals surface area contributed by atoms with Gasteiger partial charge in [-0.1, -0.05) is 12.1 Å². The summed E-state index contributed by atoms with van der Waals surface area (Å²) in [5, 5.41) is 2.40. The van der Waals surface area contributed by atoms with Gasteiger partial charge in [-0.15, -0.1) is 0 Å². The average Bonchev–Trinajstić information content (AvgIpc) is 2.58. The molecule has 78 valence electrons. The van der Waals surface area contributed by atoms with E-state index in [0.717, 1.165) is 0 Å². The Labute approximate surface area is 94.9 Å². The summed E-state index contributed by atoms with van der Waals surface area (Å²) < 4.78 is 48.7. The monoisotopic (exact) mass is 209 g/mol. The highest BCUT2D eigenvalue weighted by atomic mass is 16.6. The minimum atomic E-state index is -2.35. The highest BCUT2D eigenvalue weighted by Crippen LogP contribution is 2.31. The standard InChI is InChI=1S/C11H12N2O2/c1-2-4-9-8(3-1)14-7-10(15-9)11-12-5-6-13-11/h1-4,10H,5-7H2,(H,12,13)/i1D,5D2,6D2. The van der Waals surface area contributed by atoms with Gasteiger partial charge in [0.2, 0.25) is 0 Å². The molecule has 4 heteroatoms. The quantitative estimate of drug-likeness (QED) is 0.745. The summed E-state index contributed by atoms with van der Waals surface area (Å²) in [5.41, 5.74) is 0. The SMILES string of the molecule is [2H]c1ccc2c(c1)OCC(C1=NC([2H])([2H])C([2H])([2H])N1)O2. The number of hydrogen-bond acceptors (Lipinski definition) is 4. The molecule has 2 aliphatic rings. The Balaban J connectivity index is 1.84. The predicted molar refractivity (Wildman–Crippen MR) is 56.7 cm³/mol. The van der Waals surface area contributed by atoms with E-state index in [1.54, 1.807) is 12.1 Å². The molecule has 0 aliphatic carbocycles. The van der Waals surface area contributed by atoms with Crippen LogP contribution in [0.4, 0.5) is 0 Å². The Morgan fingerprint density at radius 1 is 1.53 bits per heavy atom. The number of fused-ring (bicyclic) bond motifs is 1. The first-order valence-corrected chi connectivity index (χ1v) is 4.56. The van der Waals surface area contributed by atoms with Gasteiger partial charge in [0.25, 0.3) is 0 Å².